The molecular formula is C22H40IN5O. The minimum absolute atomic E-state index is 0. The molecule has 166 valence electrons. The van der Waals surface area contributed by atoms with Crippen LogP contribution in [0, 0.1) is 12.8 Å². The van der Waals surface area contributed by atoms with Gasteiger partial charge in [0, 0.05) is 44.5 Å². The fourth-order valence-corrected chi connectivity index (χ4v) is 3.60. The predicted molar refractivity (Wildman–Crippen MR) is 134 cm³/mol. The van der Waals surface area contributed by atoms with E-state index < -0.39 is 0 Å². The number of nitrogens with zero attached hydrogens (tertiary/aromatic N) is 3. The minimum Gasteiger partial charge on any atom is -0.378 e. The molecule has 6 nitrogen and oxygen atoms in total. The monoisotopic (exact) mass is 517 g/mol. The van der Waals surface area contributed by atoms with Gasteiger partial charge in [-0.1, -0.05) is 19.9 Å². The Morgan fingerprint density at radius 3 is 2.59 bits per heavy atom. The van der Waals surface area contributed by atoms with Crippen molar-refractivity contribution in [2.75, 3.05) is 37.7 Å². The number of ether oxygens (including phenoxy) is 1. The second-order valence-electron chi connectivity index (χ2n) is 7.83. The highest BCUT2D eigenvalue weighted by atomic mass is 127. The number of nitrogens with one attached hydrogen (secondary N) is 2. The van der Waals surface area contributed by atoms with Crippen LogP contribution >= 0.6 is 24.0 Å². The Balaban J connectivity index is 0.00000420. The quantitative estimate of drug-likeness (QED) is 0.295. The van der Waals surface area contributed by atoms with Crippen molar-refractivity contribution in [1.82, 2.24) is 15.6 Å². The second kappa shape index (κ2) is 14.0. The molecule has 0 radical (unpaired) electrons. The van der Waals surface area contributed by atoms with Gasteiger partial charge in [0.2, 0.25) is 0 Å². The number of guanidine groups is 1. The van der Waals surface area contributed by atoms with E-state index >= 15 is 0 Å². The molecule has 1 aromatic heterocycles. The average molecular weight is 518 g/mol. The van der Waals surface area contributed by atoms with Crippen LogP contribution in [-0.4, -0.2) is 55.9 Å². The third kappa shape index (κ3) is 9.07. The van der Waals surface area contributed by atoms with E-state index in [-0.39, 0.29) is 30.1 Å². The molecule has 1 aliphatic rings. The molecule has 1 atom stereocenters. The molecule has 1 saturated heterocycles. The number of aryl methyl sites for hydroxylation is 1. The van der Waals surface area contributed by atoms with Crippen LogP contribution in [0.5, 0.6) is 0 Å². The van der Waals surface area contributed by atoms with Crippen molar-refractivity contribution >= 4 is 35.8 Å². The maximum absolute atomic E-state index is 5.84. The van der Waals surface area contributed by atoms with Crippen molar-refractivity contribution in [2.45, 2.75) is 66.0 Å². The number of hydrogen-bond donors (Lipinski definition) is 2. The van der Waals surface area contributed by atoms with Crippen LogP contribution in [0.15, 0.2) is 23.2 Å². The van der Waals surface area contributed by atoms with Gasteiger partial charge < -0.3 is 20.3 Å². The number of aliphatic imine (C=N–C) groups is 1. The topological polar surface area (TPSA) is 61.8 Å². The van der Waals surface area contributed by atoms with E-state index in [9.17, 15) is 0 Å². The van der Waals surface area contributed by atoms with Crippen LogP contribution < -0.4 is 15.5 Å². The number of aromatic nitrogens is 1. The summed E-state index contributed by atoms with van der Waals surface area (Å²) in [7, 11) is 0. The molecule has 0 amide bonds. The molecule has 29 heavy (non-hydrogen) atoms. The first-order valence-corrected chi connectivity index (χ1v) is 10.9. The Morgan fingerprint density at radius 1 is 1.28 bits per heavy atom. The number of hydrogen-bond acceptors (Lipinski definition) is 4. The molecule has 7 heteroatoms. The lowest BCUT2D eigenvalue weighted by atomic mass is 10.0. The molecule has 0 aromatic carbocycles. The molecular weight excluding hydrogens is 477 g/mol. The number of rotatable bonds is 9. The Bertz CT molecular complexity index is 603. The van der Waals surface area contributed by atoms with Gasteiger partial charge in [-0.25, -0.2) is 4.98 Å². The summed E-state index contributed by atoms with van der Waals surface area (Å²) in [6.45, 7) is 15.1. The van der Waals surface area contributed by atoms with Gasteiger partial charge in [0.05, 0.1) is 6.10 Å². The molecule has 1 unspecified atom stereocenters. The largest absolute Gasteiger partial charge is 0.378 e. The fraction of sp³-hybridized carbons (Fsp3) is 0.727. The summed E-state index contributed by atoms with van der Waals surface area (Å²) in [5.41, 5.74) is 1.08. The van der Waals surface area contributed by atoms with E-state index in [1.807, 2.05) is 13.0 Å². The third-order valence-electron chi connectivity index (χ3n) is 5.19. The minimum atomic E-state index is 0. The van der Waals surface area contributed by atoms with Crippen LogP contribution in [0.1, 0.15) is 52.7 Å². The molecule has 2 heterocycles. The molecule has 0 aliphatic carbocycles. The summed E-state index contributed by atoms with van der Waals surface area (Å²) in [5, 5.41) is 7.01. The lowest BCUT2D eigenvalue weighted by molar-refractivity contribution is 0.0266. The van der Waals surface area contributed by atoms with Crippen LogP contribution in [0.2, 0.25) is 0 Å². The van der Waals surface area contributed by atoms with Crippen LogP contribution in [0.25, 0.3) is 0 Å². The maximum atomic E-state index is 5.84. The van der Waals surface area contributed by atoms with Crippen LogP contribution in [0.4, 0.5) is 5.82 Å². The summed E-state index contributed by atoms with van der Waals surface area (Å²) in [6, 6.07) is 6.69. The Hall–Kier alpha value is -1.09. The molecule has 1 fully saturated rings. The highest BCUT2D eigenvalue weighted by molar-refractivity contribution is 14.0. The van der Waals surface area contributed by atoms with Crippen LogP contribution in [0.3, 0.4) is 0 Å². The zero-order valence-corrected chi connectivity index (χ0v) is 21.1. The first kappa shape index (κ1) is 25.9. The Kier molecular flexibility index (Phi) is 12.5. The Labute approximate surface area is 194 Å². The molecule has 0 spiro atoms. The van der Waals surface area contributed by atoms with Gasteiger partial charge in [0.15, 0.2) is 5.96 Å². The second-order valence-corrected chi connectivity index (χ2v) is 7.83. The Morgan fingerprint density at radius 2 is 2.00 bits per heavy atom. The van der Waals surface area contributed by atoms with Crippen molar-refractivity contribution in [3.05, 3.63) is 23.9 Å². The normalized spacial score (nSPS) is 16.5. The summed E-state index contributed by atoms with van der Waals surface area (Å²) >= 11 is 0. The van der Waals surface area contributed by atoms with Gasteiger partial charge in [0.1, 0.15) is 5.82 Å². The van der Waals surface area contributed by atoms with Crippen LogP contribution in [-0.2, 0) is 4.74 Å². The molecule has 1 aromatic rings. The van der Waals surface area contributed by atoms with Crippen molar-refractivity contribution < 1.29 is 4.74 Å². The van der Waals surface area contributed by atoms with E-state index in [1.54, 1.807) is 0 Å². The van der Waals surface area contributed by atoms with Gasteiger partial charge >= 0.3 is 0 Å². The highest BCUT2D eigenvalue weighted by Gasteiger charge is 2.21. The molecule has 2 rings (SSSR count). The van der Waals surface area contributed by atoms with Gasteiger partial charge in [-0.15, -0.1) is 24.0 Å². The van der Waals surface area contributed by atoms with E-state index in [0.717, 1.165) is 69.5 Å². The van der Waals surface area contributed by atoms with Crippen molar-refractivity contribution in [2.24, 2.45) is 10.9 Å². The molecule has 2 N–H and O–H groups in total. The van der Waals surface area contributed by atoms with E-state index in [0.29, 0.717) is 12.0 Å². The fourth-order valence-electron chi connectivity index (χ4n) is 3.60. The first-order chi connectivity index (χ1) is 13.5. The standard InChI is InChI=1S/C22H39N5O.HI/c1-6-23-22(24-14-11-20(17(3)4)28-7-2)26-19-12-15-27(16-13-19)21-10-8-9-18(5)25-21;/h8-10,17,19-20H,6-7,11-16H2,1-5H3,(H2,23,24,26);1H. The predicted octanol–water partition coefficient (Wildman–Crippen LogP) is 3.98. The lowest BCUT2D eigenvalue weighted by Crippen LogP contribution is -2.49. The number of piperidine rings is 1. The van der Waals surface area contributed by atoms with Crippen molar-refractivity contribution in [1.29, 1.82) is 0 Å². The summed E-state index contributed by atoms with van der Waals surface area (Å²) in [5.74, 6) is 2.54. The average Bonchev–Trinajstić information content (AvgIpc) is 2.68. The SMILES string of the molecule is CCNC(=NCCC(OCC)C(C)C)NC1CCN(c2cccc(C)n2)CC1.I. The third-order valence-corrected chi connectivity index (χ3v) is 5.19. The smallest absolute Gasteiger partial charge is 0.191 e. The lowest BCUT2D eigenvalue weighted by Gasteiger charge is -2.34. The van der Waals surface area contributed by atoms with Gasteiger partial charge in [-0.3, -0.25) is 4.99 Å². The van der Waals surface area contributed by atoms with Gasteiger partial charge in [0.25, 0.3) is 0 Å². The number of pyridine rings is 1. The summed E-state index contributed by atoms with van der Waals surface area (Å²) in [6.07, 6.45) is 3.42. The first-order valence-electron chi connectivity index (χ1n) is 10.9. The van der Waals surface area contributed by atoms with Gasteiger partial charge in [-0.2, -0.15) is 0 Å². The number of anilines is 1. The summed E-state index contributed by atoms with van der Waals surface area (Å²) < 4.78 is 5.84. The molecule has 1 aliphatic heterocycles. The summed E-state index contributed by atoms with van der Waals surface area (Å²) in [4.78, 5) is 11.8. The number of halogens is 1. The molecule has 0 bridgehead atoms. The zero-order chi connectivity index (χ0) is 20.4. The van der Waals surface area contributed by atoms with E-state index in [2.05, 4.69) is 60.3 Å². The van der Waals surface area contributed by atoms with Gasteiger partial charge in [-0.05, 0) is 58.1 Å². The maximum Gasteiger partial charge on any atom is 0.191 e. The van der Waals surface area contributed by atoms with Crippen molar-refractivity contribution in [3.8, 4) is 0 Å². The molecule has 0 saturated carbocycles. The van der Waals surface area contributed by atoms with E-state index in [1.165, 1.54) is 0 Å². The highest BCUT2D eigenvalue weighted by Crippen LogP contribution is 2.18. The van der Waals surface area contributed by atoms with Crippen molar-refractivity contribution in [3.63, 3.8) is 0 Å². The van der Waals surface area contributed by atoms with E-state index in [4.69, 9.17) is 9.73 Å². The zero-order valence-electron chi connectivity index (χ0n) is 18.8.